The number of benzene rings is 1. The number of carbonyl (C=O) groups excluding carboxylic acids is 1. The molecular formula is C14H8BrNO4S. The van der Waals surface area contributed by atoms with Gasteiger partial charge in [-0.1, -0.05) is 0 Å². The molecule has 3 rings (SSSR count). The molecule has 0 saturated heterocycles. The Morgan fingerprint density at radius 1 is 1.33 bits per heavy atom. The second kappa shape index (κ2) is 5.42. The van der Waals surface area contributed by atoms with E-state index in [-0.39, 0.29) is 16.8 Å². The van der Waals surface area contributed by atoms with Crippen LogP contribution in [-0.4, -0.2) is 18.1 Å². The Morgan fingerprint density at radius 2 is 2.14 bits per heavy atom. The molecule has 0 unspecified atom stereocenters. The Kier molecular flexibility index (Phi) is 3.60. The van der Waals surface area contributed by atoms with Crippen molar-refractivity contribution in [1.29, 1.82) is 0 Å². The van der Waals surface area contributed by atoms with E-state index < -0.39 is 11.6 Å². The Bertz CT molecular complexity index is 899. The third-order valence-electron chi connectivity index (χ3n) is 2.83. The van der Waals surface area contributed by atoms with Crippen LogP contribution in [0.4, 0.5) is 0 Å². The number of hydrogen-bond donors (Lipinski definition) is 0. The van der Waals surface area contributed by atoms with Crippen molar-refractivity contribution in [3.05, 3.63) is 50.1 Å². The summed E-state index contributed by atoms with van der Waals surface area (Å²) >= 11 is 4.77. The summed E-state index contributed by atoms with van der Waals surface area (Å²) in [7, 11) is 1.28. The highest BCUT2D eigenvalue weighted by Gasteiger charge is 2.13. The summed E-state index contributed by atoms with van der Waals surface area (Å²) in [6.45, 7) is 0. The predicted octanol–water partition coefficient (Wildman–Crippen LogP) is 3.47. The summed E-state index contributed by atoms with van der Waals surface area (Å²) in [6, 6.07) is 8.26. The van der Waals surface area contributed by atoms with Crippen LogP contribution in [0.1, 0.15) is 10.4 Å². The topological polar surface area (TPSA) is 69.4 Å². The van der Waals surface area contributed by atoms with Gasteiger partial charge >= 0.3 is 11.6 Å². The van der Waals surface area contributed by atoms with Gasteiger partial charge in [0.1, 0.15) is 0 Å². The van der Waals surface area contributed by atoms with E-state index in [2.05, 4.69) is 25.7 Å². The second-order valence-corrected chi connectivity index (χ2v) is 6.60. The highest BCUT2D eigenvalue weighted by molar-refractivity contribution is 9.11. The molecule has 1 aromatic carbocycles. The zero-order valence-corrected chi connectivity index (χ0v) is 13.2. The van der Waals surface area contributed by atoms with Gasteiger partial charge in [0, 0.05) is 0 Å². The molecule has 106 valence electrons. The molecule has 0 N–H and O–H groups in total. The average Bonchev–Trinajstić information content (AvgIpc) is 2.92. The van der Waals surface area contributed by atoms with Crippen molar-refractivity contribution >= 4 is 44.1 Å². The lowest BCUT2D eigenvalue weighted by Crippen LogP contribution is -2.06. The molecule has 0 amide bonds. The van der Waals surface area contributed by atoms with E-state index in [1.165, 1.54) is 24.5 Å². The van der Waals surface area contributed by atoms with Crippen molar-refractivity contribution in [3.63, 3.8) is 0 Å². The van der Waals surface area contributed by atoms with E-state index >= 15 is 0 Å². The standard InChI is InChI=1S/C14H8BrNO4S/c1-19-13(17)7-2-3-9-8(6-7)14(18)20-12(16-9)10-4-5-11(15)21-10/h2-6H,1H3. The minimum absolute atomic E-state index is 0.247. The third kappa shape index (κ3) is 2.62. The van der Waals surface area contributed by atoms with Gasteiger partial charge in [-0.3, -0.25) is 0 Å². The van der Waals surface area contributed by atoms with E-state index in [0.29, 0.717) is 5.52 Å². The SMILES string of the molecule is COC(=O)c1ccc2nc(-c3ccc(Br)s3)oc(=O)c2c1. The minimum atomic E-state index is -0.537. The fourth-order valence-electron chi connectivity index (χ4n) is 1.85. The number of rotatable bonds is 2. The van der Waals surface area contributed by atoms with Crippen molar-refractivity contribution in [2.24, 2.45) is 0 Å². The zero-order chi connectivity index (χ0) is 15.0. The summed E-state index contributed by atoms with van der Waals surface area (Å²) in [5.41, 5.74) is 0.217. The second-order valence-electron chi connectivity index (χ2n) is 4.13. The Morgan fingerprint density at radius 3 is 2.81 bits per heavy atom. The quantitative estimate of drug-likeness (QED) is 0.650. The van der Waals surface area contributed by atoms with Crippen LogP contribution in [0.2, 0.25) is 0 Å². The van der Waals surface area contributed by atoms with Gasteiger partial charge in [0.25, 0.3) is 0 Å². The number of esters is 1. The molecule has 0 bridgehead atoms. The summed E-state index contributed by atoms with van der Waals surface area (Å²) in [6.07, 6.45) is 0. The lowest BCUT2D eigenvalue weighted by Gasteiger charge is -2.02. The van der Waals surface area contributed by atoms with Crippen LogP contribution in [-0.2, 0) is 4.74 Å². The predicted molar refractivity (Wildman–Crippen MR) is 82.6 cm³/mol. The number of hydrogen-bond acceptors (Lipinski definition) is 6. The van der Waals surface area contributed by atoms with Crippen LogP contribution >= 0.6 is 27.3 Å². The van der Waals surface area contributed by atoms with Crippen LogP contribution in [0.5, 0.6) is 0 Å². The summed E-state index contributed by atoms with van der Waals surface area (Å²) in [5, 5.41) is 0.247. The Balaban J connectivity index is 2.17. The smallest absolute Gasteiger partial charge is 0.347 e. The monoisotopic (exact) mass is 365 g/mol. The van der Waals surface area contributed by atoms with Gasteiger partial charge < -0.3 is 9.15 Å². The molecule has 2 heterocycles. The number of methoxy groups -OCH3 is 1. The molecule has 5 nitrogen and oxygen atoms in total. The van der Waals surface area contributed by atoms with Gasteiger partial charge in [0.2, 0.25) is 5.89 Å². The molecule has 0 spiro atoms. The van der Waals surface area contributed by atoms with Crippen molar-refractivity contribution in [3.8, 4) is 10.8 Å². The Labute approximate surface area is 131 Å². The van der Waals surface area contributed by atoms with Crippen LogP contribution in [0.3, 0.4) is 0 Å². The van der Waals surface area contributed by atoms with E-state index in [1.807, 2.05) is 12.1 Å². The number of nitrogens with zero attached hydrogens (tertiary/aromatic N) is 1. The number of thiophene rings is 1. The molecule has 0 radical (unpaired) electrons. The first kappa shape index (κ1) is 14.0. The minimum Gasteiger partial charge on any atom is -0.465 e. The highest BCUT2D eigenvalue weighted by Crippen LogP contribution is 2.30. The van der Waals surface area contributed by atoms with Crippen LogP contribution in [0, 0.1) is 0 Å². The first-order chi connectivity index (χ1) is 10.1. The van der Waals surface area contributed by atoms with Crippen LogP contribution in [0.25, 0.3) is 21.7 Å². The molecular weight excluding hydrogens is 358 g/mol. The molecule has 0 atom stereocenters. The number of ether oxygens (including phenoxy) is 1. The molecule has 7 heteroatoms. The van der Waals surface area contributed by atoms with E-state index in [4.69, 9.17) is 4.42 Å². The van der Waals surface area contributed by atoms with E-state index in [0.717, 1.165) is 8.66 Å². The molecule has 0 fully saturated rings. The summed E-state index contributed by atoms with van der Waals surface area (Å²) in [4.78, 5) is 28.6. The molecule has 3 aromatic rings. The largest absolute Gasteiger partial charge is 0.465 e. The third-order valence-corrected chi connectivity index (χ3v) is 4.44. The first-order valence-corrected chi connectivity index (χ1v) is 7.48. The fraction of sp³-hybridized carbons (Fsp3) is 0.0714. The fourth-order valence-corrected chi connectivity index (χ4v) is 3.16. The van der Waals surface area contributed by atoms with Crippen molar-refractivity contribution in [1.82, 2.24) is 4.98 Å². The maximum Gasteiger partial charge on any atom is 0.347 e. The maximum absolute atomic E-state index is 12.1. The van der Waals surface area contributed by atoms with E-state index in [1.54, 1.807) is 12.1 Å². The molecule has 2 aromatic heterocycles. The molecule has 21 heavy (non-hydrogen) atoms. The normalized spacial score (nSPS) is 10.8. The van der Waals surface area contributed by atoms with Gasteiger partial charge in [0.05, 0.1) is 32.2 Å². The van der Waals surface area contributed by atoms with E-state index in [9.17, 15) is 9.59 Å². The van der Waals surface area contributed by atoms with Crippen molar-refractivity contribution in [2.75, 3.05) is 7.11 Å². The van der Waals surface area contributed by atoms with Gasteiger partial charge in [0.15, 0.2) is 0 Å². The zero-order valence-electron chi connectivity index (χ0n) is 10.8. The van der Waals surface area contributed by atoms with Crippen molar-refractivity contribution in [2.45, 2.75) is 0 Å². The summed E-state index contributed by atoms with van der Waals surface area (Å²) in [5.74, 6) is -0.253. The van der Waals surface area contributed by atoms with Crippen molar-refractivity contribution < 1.29 is 13.9 Å². The number of carbonyl (C=O) groups is 1. The molecule has 0 saturated carbocycles. The van der Waals surface area contributed by atoms with Gasteiger partial charge in [-0.15, -0.1) is 11.3 Å². The van der Waals surface area contributed by atoms with Crippen LogP contribution in [0.15, 0.2) is 43.3 Å². The lowest BCUT2D eigenvalue weighted by atomic mass is 10.1. The number of halogens is 1. The van der Waals surface area contributed by atoms with Gasteiger partial charge in [-0.05, 0) is 46.3 Å². The average molecular weight is 366 g/mol. The number of aromatic nitrogens is 1. The van der Waals surface area contributed by atoms with Gasteiger partial charge in [-0.2, -0.15) is 0 Å². The van der Waals surface area contributed by atoms with Crippen LogP contribution < -0.4 is 5.63 Å². The highest BCUT2D eigenvalue weighted by atomic mass is 79.9. The lowest BCUT2D eigenvalue weighted by molar-refractivity contribution is 0.0601. The first-order valence-electron chi connectivity index (χ1n) is 5.87. The molecule has 0 aliphatic heterocycles. The summed E-state index contributed by atoms with van der Waals surface area (Å²) < 4.78 is 10.8. The Hall–Kier alpha value is -1.99. The number of fused-ring (bicyclic) bond motifs is 1. The molecule has 0 aliphatic carbocycles. The van der Waals surface area contributed by atoms with Gasteiger partial charge in [-0.25, -0.2) is 14.6 Å². The maximum atomic E-state index is 12.1. The molecule has 0 aliphatic rings.